The Labute approximate surface area is 126 Å². The Hall–Kier alpha value is -1.55. The van der Waals surface area contributed by atoms with Crippen molar-refractivity contribution in [3.8, 4) is 5.75 Å². The van der Waals surface area contributed by atoms with E-state index in [4.69, 9.17) is 10.5 Å². The highest BCUT2D eigenvalue weighted by molar-refractivity contribution is 5.92. The van der Waals surface area contributed by atoms with Crippen LogP contribution in [0.1, 0.15) is 36.0 Å². The number of hydrogen-bond acceptors (Lipinski definition) is 3. The molecule has 2 aliphatic rings. The summed E-state index contributed by atoms with van der Waals surface area (Å²) in [6, 6.07) is 7.02. The highest BCUT2D eigenvalue weighted by atomic mass is 16.5. The number of nitrogens with zero attached hydrogens (tertiary/aromatic N) is 1. The summed E-state index contributed by atoms with van der Waals surface area (Å²) in [6.45, 7) is 4.58. The summed E-state index contributed by atoms with van der Waals surface area (Å²) in [6.07, 6.45) is 5.17. The van der Waals surface area contributed by atoms with E-state index >= 15 is 0 Å². The maximum absolute atomic E-state index is 11.0. The zero-order chi connectivity index (χ0) is 14.7. The number of unbranched alkanes of at least 4 members (excludes halogenated alkanes) is 1. The van der Waals surface area contributed by atoms with Gasteiger partial charge in [-0.1, -0.05) is 0 Å². The number of primary amides is 1. The molecule has 2 atom stereocenters. The highest BCUT2D eigenvalue weighted by Crippen LogP contribution is 2.40. The third-order valence-electron chi connectivity index (χ3n) is 4.84. The first-order chi connectivity index (χ1) is 10.2. The Morgan fingerprint density at radius 3 is 2.38 bits per heavy atom. The topological polar surface area (TPSA) is 55.6 Å². The monoisotopic (exact) mass is 288 g/mol. The van der Waals surface area contributed by atoms with Crippen LogP contribution in [0.25, 0.3) is 0 Å². The van der Waals surface area contributed by atoms with Gasteiger partial charge in [0.25, 0.3) is 0 Å². The molecule has 0 aromatic heterocycles. The Kier molecular flexibility index (Phi) is 4.44. The molecule has 2 N–H and O–H groups in total. The van der Waals surface area contributed by atoms with E-state index in [-0.39, 0.29) is 0 Å². The predicted molar refractivity (Wildman–Crippen MR) is 82.3 cm³/mol. The zero-order valence-corrected chi connectivity index (χ0v) is 12.5. The number of rotatable bonds is 7. The molecule has 1 saturated heterocycles. The first-order valence-electron chi connectivity index (χ1n) is 7.97. The lowest BCUT2D eigenvalue weighted by Gasteiger charge is -2.28. The first-order valence-corrected chi connectivity index (χ1v) is 7.97. The minimum atomic E-state index is -0.402. The molecule has 114 valence electrons. The van der Waals surface area contributed by atoms with Crippen molar-refractivity contribution in [3.05, 3.63) is 29.8 Å². The zero-order valence-electron chi connectivity index (χ0n) is 12.5. The fourth-order valence-electron chi connectivity index (χ4n) is 3.38. The van der Waals surface area contributed by atoms with E-state index in [9.17, 15) is 4.79 Å². The van der Waals surface area contributed by atoms with Crippen LogP contribution in [0.4, 0.5) is 0 Å². The minimum Gasteiger partial charge on any atom is -0.494 e. The number of benzene rings is 1. The molecular weight excluding hydrogens is 264 g/mol. The van der Waals surface area contributed by atoms with Crippen molar-refractivity contribution in [2.45, 2.75) is 25.7 Å². The fraction of sp³-hybridized carbons (Fsp3) is 0.588. The van der Waals surface area contributed by atoms with E-state index in [1.165, 1.54) is 38.9 Å². The van der Waals surface area contributed by atoms with Crippen molar-refractivity contribution in [1.29, 1.82) is 0 Å². The lowest BCUT2D eigenvalue weighted by atomic mass is 9.77. The van der Waals surface area contributed by atoms with Gasteiger partial charge in [0.15, 0.2) is 0 Å². The molecule has 1 amide bonds. The second-order valence-corrected chi connectivity index (χ2v) is 6.30. The SMILES string of the molecule is NC(=O)c1ccc(OCCCCN2C[C@H]3CC[C@H]3C2)cc1. The van der Waals surface area contributed by atoms with Crippen LogP contribution in [0.3, 0.4) is 0 Å². The molecular formula is C17H24N2O2. The van der Waals surface area contributed by atoms with Crippen LogP contribution in [-0.2, 0) is 0 Å². The molecule has 1 aliphatic carbocycles. The van der Waals surface area contributed by atoms with E-state index in [2.05, 4.69) is 4.90 Å². The van der Waals surface area contributed by atoms with Crippen molar-refractivity contribution < 1.29 is 9.53 Å². The van der Waals surface area contributed by atoms with Gasteiger partial charge in [0.1, 0.15) is 5.75 Å². The van der Waals surface area contributed by atoms with E-state index in [0.717, 1.165) is 30.6 Å². The summed E-state index contributed by atoms with van der Waals surface area (Å²) < 4.78 is 5.69. The van der Waals surface area contributed by atoms with Gasteiger partial charge >= 0.3 is 0 Å². The number of likely N-dealkylation sites (tertiary alicyclic amines) is 1. The minimum absolute atomic E-state index is 0.402. The molecule has 1 aliphatic heterocycles. The maximum atomic E-state index is 11.0. The second kappa shape index (κ2) is 6.48. The molecule has 0 spiro atoms. The van der Waals surface area contributed by atoms with Gasteiger partial charge < -0.3 is 15.4 Å². The Morgan fingerprint density at radius 1 is 1.14 bits per heavy atom. The van der Waals surface area contributed by atoms with E-state index in [0.29, 0.717) is 5.56 Å². The largest absolute Gasteiger partial charge is 0.494 e. The molecule has 1 aromatic rings. The summed E-state index contributed by atoms with van der Waals surface area (Å²) in [5.41, 5.74) is 5.72. The van der Waals surface area contributed by atoms with Crippen LogP contribution in [-0.4, -0.2) is 37.0 Å². The molecule has 21 heavy (non-hydrogen) atoms. The van der Waals surface area contributed by atoms with Crippen LogP contribution in [0.15, 0.2) is 24.3 Å². The molecule has 0 radical (unpaired) electrons. The molecule has 1 heterocycles. The number of hydrogen-bond donors (Lipinski definition) is 1. The van der Waals surface area contributed by atoms with Crippen molar-refractivity contribution in [1.82, 2.24) is 4.90 Å². The van der Waals surface area contributed by atoms with Gasteiger partial charge in [-0.05, 0) is 68.3 Å². The number of amides is 1. The van der Waals surface area contributed by atoms with Gasteiger partial charge in [-0.2, -0.15) is 0 Å². The van der Waals surface area contributed by atoms with Crippen molar-refractivity contribution >= 4 is 5.91 Å². The van der Waals surface area contributed by atoms with Gasteiger partial charge in [-0.25, -0.2) is 0 Å². The van der Waals surface area contributed by atoms with Crippen molar-refractivity contribution in [3.63, 3.8) is 0 Å². The van der Waals surface area contributed by atoms with E-state index in [1.807, 2.05) is 0 Å². The maximum Gasteiger partial charge on any atom is 0.248 e. The third kappa shape index (κ3) is 3.56. The molecule has 0 bridgehead atoms. The number of fused-ring (bicyclic) bond motifs is 1. The Bertz CT molecular complexity index is 474. The summed E-state index contributed by atoms with van der Waals surface area (Å²) in [5, 5.41) is 0. The molecule has 4 heteroatoms. The molecule has 3 rings (SSSR count). The van der Waals surface area contributed by atoms with Crippen LogP contribution < -0.4 is 10.5 Å². The van der Waals surface area contributed by atoms with E-state index in [1.54, 1.807) is 24.3 Å². The van der Waals surface area contributed by atoms with Gasteiger partial charge in [-0.3, -0.25) is 4.79 Å². The van der Waals surface area contributed by atoms with Crippen molar-refractivity contribution in [2.24, 2.45) is 17.6 Å². The number of ether oxygens (including phenoxy) is 1. The third-order valence-corrected chi connectivity index (χ3v) is 4.84. The summed E-state index contributed by atoms with van der Waals surface area (Å²) in [4.78, 5) is 13.6. The number of carbonyl (C=O) groups excluding carboxylic acids is 1. The molecule has 2 fully saturated rings. The normalized spacial score (nSPS) is 24.4. The van der Waals surface area contributed by atoms with Gasteiger partial charge in [0, 0.05) is 18.7 Å². The fourth-order valence-corrected chi connectivity index (χ4v) is 3.38. The highest BCUT2D eigenvalue weighted by Gasteiger charge is 2.38. The summed E-state index contributed by atoms with van der Waals surface area (Å²) >= 11 is 0. The Balaban J connectivity index is 1.30. The lowest BCUT2D eigenvalue weighted by molar-refractivity contribution is 0.100. The molecule has 0 unspecified atom stereocenters. The predicted octanol–water partition coefficient (Wildman–Crippen LogP) is 2.29. The Morgan fingerprint density at radius 2 is 1.81 bits per heavy atom. The summed E-state index contributed by atoms with van der Waals surface area (Å²) in [5.74, 6) is 2.41. The number of carbonyl (C=O) groups is 1. The summed E-state index contributed by atoms with van der Waals surface area (Å²) in [7, 11) is 0. The van der Waals surface area contributed by atoms with Gasteiger partial charge in [0.05, 0.1) is 6.61 Å². The van der Waals surface area contributed by atoms with E-state index < -0.39 is 5.91 Å². The first kappa shape index (κ1) is 14.4. The van der Waals surface area contributed by atoms with Crippen LogP contribution in [0.5, 0.6) is 5.75 Å². The van der Waals surface area contributed by atoms with Crippen LogP contribution >= 0.6 is 0 Å². The lowest BCUT2D eigenvalue weighted by Crippen LogP contribution is -2.22. The second-order valence-electron chi connectivity index (χ2n) is 6.30. The molecule has 1 saturated carbocycles. The molecule has 1 aromatic carbocycles. The number of nitrogens with two attached hydrogens (primary N) is 1. The van der Waals surface area contributed by atoms with Crippen LogP contribution in [0, 0.1) is 11.8 Å². The van der Waals surface area contributed by atoms with Gasteiger partial charge in [-0.15, -0.1) is 0 Å². The average Bonchev–Trinajstić information content (AvgIpc) is 2.74. The quantitative estimate of drug-likeness (QED) is 0.783. The molecule has 4 nitrogen and oxygen atoms in total. The smallest absolute Gasteiger partial charge is 0.248 e. The van der Waals surface area contributed by atoms with Gasteiger partial charge in [0.2, 0.25) is 5.91 Å². The average molecular weight is 288 g/mol. The standard InChI is InChI=1S/C17H24N2O2/c18-17(20)13-5-7-16(8-6-13)21-10-2-1-9-19-11-14-3-4-15(14)12-19/h5-8,14-15H,1-4,9-12H2,(H2,18,20)/t14-,15+. The van der Waals surface area contributed by atoms with Crippen molar-refractivity contribution in [2.75, 3.05) is 26.2 Å². The van der Waals surface area contributed by atoms with Crippen LogP contribution in [0.2, 0.25) is 0 Å².